The van der Waals surface area contributed by atoms with E-state index in [0.29, 0.717) is 33.9 Å². The van der Waals surface area contributed by atoms with E-state index in [-0.39, 0.29) is 0 Å². The summed E-state index contributed by atoms with van der Waals surface area (Å²) in [5.41, 5.74) is 8.43. The van der Waals surface area contributed by atoms with Crippen LogP contribution in [-0.4, -0.2) is 18.2 Å². The van der Waals surface area contributed by atoms with E-state index in [1.54, 1.807) is 50.2 Å². The second kappa shape index (κ2) is 7.15. The predicted octanol–water partition coefficient (Wildman–Crippen LogP) is 3.45. The lowest BCUT2D eigenvalue weighted by Crippen LogP contribution is -2.32. The molecule has 0 radical (unpaired) electrons. The quantitative estimate of drug-likeness (QED) is 0.688. The standard InChI is InChI=1S/C17H14N4O3/c1-11-13(19-9-22)5-3-7-15(11)21(17(18)24)16-8-4-6-14(12(16)2)20-10-23/h3-8H,1-2H3,(H2,18,24). The van der Waals surface area contributed by atoms with Gasteiger partial charge in [-0.3, -0.25) is 4.90 Å². The number of benzene rings is 2. The number of urea groups is 1. The maximum absolute atomic E-state index is 12.1. The second-order valence-corrected chi connectivity index (χ2v) is 4.92. The maximum atomic E-state index is 12.1. The highest BCUT2D eigenvalue weighted by Gasteiger charge is 2.21. The summed E-state index contributed by atoms with van der Waals surface area (Å²) in [7, 11) is 0. The number of nitrogens with zero attached hydrogens (tertiary/aromatic N) is 3. The molecule has 0 aromatic heterocycles. The Labute approximate surface area is 138 Å². The fraction of sp³-hybridized carbons (Fsp3) is 0.118. The fourth-order valence-corrected chi connectivity index (χ4v) is 2.42. The van der Waals surface area contributed by atoms with Gasteiger partial charge in [-0.05, 0) is 49.2 Å². The molecule has 0 aliphatic rings. The molecule has 2 N–H and O–H groups in total. The molecule has 2 aromatic carbocycles. The number of carbonyl (C=O) groups excluding carboxylic acids is 3. The number of anilines is 2. The van der Waals surface area contributed by atoms with Gasteiger partial charge in [0, 0.05) is 0 Å². The average Bonchev–Trinajstić information content (AvgIpc) is 2.54. The largest absolute Gasteiger partial charge is 0.351 e. The van der Waals surface area contributed by atoms with Gasteiger partial charge in [0.25, 0.3) is 0 Å². The first-order valence-electron chi connectivity index (χ1n) is 6.95. The van der Waals surface area contributed by atoms with Crippen molar-refractivity contribution in [2.75, 3.05) is 4.90 Å². The van der Waals surface area contributed by atoms with E-state index >= 15 is 0 Å². The number of amides is 2. The van der Waals surface area contributed by atoms with Crippen molar-refractivity contribution in [3.05, 3.63) is 47.5 Å². The lowest BCUT2D eigenvalue weighted by Gasteiger charge is -2.25. The number of hydrogen-bond donors (Lipinski definition) is 1. The number of aliphatic imine (C=N–C) groups is 2. The van der Waals surface area contributed by atoms with Crippen molar-refractivity contribution in [3.63, 3.8) is 0 Å². The number of primary amides is 1. The van der Waals surface area contributed by atoms with Crippen LogP contribution in [0.3, 0.4) is 0 Å². The van der Waals surface area contributed by atoms with Gasteiger partial charge >= 0.3 is 6.03 Å². The van der Waals surface area contributed by atoms with Crippen molar-refractivity contribution in [2.24, 2.45) is 15.7 Å². The zero-order valence-corrected chi connectivity index (χ0v) is 13.1. The van der Waals surface area contributed by atoms with E-state index in [0.717, 1.165) is 0 Å². The van der Waals surface area contributed by atoms with E-state index in [1.807, 2.05) is 0 Å². The fourth-order valence-electron chi connectivity index (χ4n) is 2.42. The summed E-state index contributed by atoms with van der Waals surface area (Å²) in [6.07, 6.45) is 2.96. The van der Waals surface area contributed by atoms with Crippen molar-refractivity contribution in [1.29, 1.82) is 0 Å². The van der Waals surface area contributed by atoms with Crippen LogP contribution >= 0.6 is 0 Å². The molecule has 0 aliphatic carbocycles. The Balaban J connectivity index is 2.71. The molecule has 0 unspecified atom stereocenters. The number of carbonyl (C=O) groups is 1. The summed E-state index contributed by atoms with van der Waals surface area (Å²) in [5, 5.41) is 0. The Kier molecular flexibility index (Phi) is 5.02. The highest BCUT2D eigenvalue weighted by atomic mass is 16.2. The summed E-state index contributed by atoms with van der Waals surface area (Å²) < 4.78 is 0. The summed E-state index contributed by atoms with van der Waals surface area (Å²) in [5.74, 6) is 0. The first-order chi connectivity index (χ1) is 11.5. The van der Waals surface area contributed by atoms with Gasteiger partial charge in [-0.2, -0.15) is 9.98 Å². The number of isocyanates is 2. The van der Waals surface area contributed by atoms with Crippen LogP contribution in [0.1, 0.15) is 11.1 Å². The Morgan fingerprint density at radius 1 is 0.917 bits per heavy atom. The summed E-state index contributed by atoms with van der Waals surface area (Å²) >= 11 is 0. The number of hydrogen-bond acceptors (Lipinski definition) is 5. The van der Waals surface area contributed by atoms with E-state index in [1.165, 1.54) is 17.1 Å². The van der Waals surface area contributed by atoms with Crippen LogP contribution in [0.2, 0.25) is 0 Å². The van der Waals surface area contributed by atoms with Crippen molar-refractivity contribution < 1.29 is 14.4 Å². The summed E-state index contributed by atoms with van der Waals surface area (Å²) in [4.78, 5) is 41.7. The van der Waals surface area contributed by atoms with Gasteiger partial charge in [-0.1, -0.05) is 12.1 Å². The van der Waals surface area contributed by atoms with Crippen LogP contribution < -0.4 is 10.6 Å². The number of nitrogens with two attached hydrogens (primary N) is 1. The molecule has 0 bridgehead atoms. The molecule has 0 aliphatic heterocycles. The maximum Gasteiger partial charge on any atom is 0.323 e. The number of rotatable bonds is 4. The molecule has 0 fully saturated rings. The van der Waals surface area contributed by atoms with Crippen LogP contribution in [0.4, 0.5) is 27.5 Å². The molecule has 7 nitrogen and oxygen atoms in total. The Hall–Kier alpha value is -3.53. The van der Waals surface area contributed by atoms with Gasteiger partial charge < -0.3 is 5.73 Å². The molecule has 0 spiro atoms. The van der Waals surface area contributed by atoms with Crippen LogP contribution in [0.25, 0.3) is 0 Å². The predicted molar refractivity (Wildman–Crippen MR) is 89.6 cm³/mol. The van der Waals surface area contributed by atoms with Crippen molar-refractivity contribution in [2.45, 2.75) is 13.8 Å². The van der Waals surface area contributed by atoms with E-state index in [4.69, 9.17) is 5.73 Å². The molecule has 120 valence electrons. The third kappa shape index (κ3) is 3.13. The van der Waals surface area contributed by atoms with E-state index in [2.05, 4.69) is 9.98 Å². The molecule has 0 heterocycles. The average molecular weight is 322 g/mol. The zero-order valence-electron chi connectivity index (χ0n) is 13.1. The second-order valence-electron chi connectivity index (χ2n) is 4.92. The SMILES string of the molecule is Cc1c(N=C=O)cccc1N(C(N)=O)c1cccc(N=C=O)c1C. The minimum atomic E-state index is -0.722. The molecule has 0 atom stereocenters. The monoisotopic (exact) mass is 322 g/mol. The van der Waals surface area contributed by atoms with Gasteiger partial charge in [0.2, 0.25) is 12.2 Å². The highest BCUT2D eigenvalue weighted by molar-refractivity contribution is 6.01. The summed E-state index contributed by atoms with van der Waals surface area (Å²) in [6, 6.07) is 9.19. The Bertz CT molecular complexity index is 827. The van der Waals surface area contributed by atoms with Gasteiger partial charge in [-0.25, -0.2) is 14.4 Å². The summed E-state index contributed by atoms with van der Waals surface area (Å²) in [6.45, 7) is 3.43. The first kappa shape index (κ1) is 16.8. The minimum absolute atomic E-state index is 0.383. The minimum Gasteiger partial charge on any atom is -0.351 e. The smallest absolute Gasteiger partial charge is 0.323 e. The lowest BCUT2D eigenvalue weighted by molar-refractivity contribution is 0.256. The third-order valence-electron chi connectivity index (χ3n) is 3.59. The molecule has 2 amide bonds. The normalized spacial score (nSPS) is 9.58. The van der Waals surface area contributed by atoms with Crippen LogP contribution in [0.15, 0.2) is 46.4 Å². The molecule has 24 heavy (non-hydrogen) atoms. The topological polar surface area (TPSA) is 105 Å². The van der Waals surface area contributed by atoms with Crippen LogP contribution in [-0.2, 0) is 9.59 Å². The van der Waals surface area contributed by atoms with Crippen LogP contribution in [0.5, 0.6) is 0 Å². The van der Waals surface area contributed by atoms with Crippen molar-refractivity contribution >= 4 is 40.9 Å². The van der Waals surface area contributed by atoms with Crippen LogP contribution in [0, 0.1) is 13.8 Å². The molecular weight excluding hydrogens is 308 g/mol. The van der Waals surface area contributed by atoms with E-state index < -0.39 is 6.03 Å². The Morgan fingerprint density at radius 3 is 1.67 bits per heavy atom. The Morgan fingerprint density at radius 2 is 1.33 bits per heavy atom. The molecule has 2 aromatic rings. The zero-order chi connectivity index (χ0) is 17.7. The lowest BCUT2D eigenvalue weighted by atomic mass is 10.1. The molecule has 7 heteroatoms. The van der Waals surface area contributed by atoms with Crippen molar-refractivity contribution in [1.82, 2.24) is 0 Å². The van der Waals surface area contributed by atoms with Gasteiger partial charge in [0.15, 0.2) is 0 Å². The molecule has 0 saturated carbocycles. The molecule has 2 rings (SSSR count). The van der Waals surface area contributed by atoms with E-state index in [9.17, 15) is 14.4 Å². The third-order valence-corrected chi connectivity index (χ3v) is 3.59. The van der Waals surface area contributed by atoms with Gasteiger partial charge in [0.1, 0.15) is 0 Å². The highest BCUT2D eigenvalue weighted by Crippen LogP contribution is 2.37. The van der Waals surface area contributed by atoms with Gasteiger partial charge in [0.05, 0.1) is 22.7 Å². The first-order valence-corrected chi connectivity index (χ1v) is 6.95. The molecule has 0 saturated heterocycles. The van der Waals surface area contributed by atoms with Gasteiger partial charge in [-0.15, -0.1) is 0 Å². The van der Waals surface area contributed by atoms with Crippen molar-refractivity contribution in [3.8, 4) is 0 Å². The molecular formula is C17H14N4O3.